The van der Waals surface area contributed by atoms with Gasteiger partial charge in [0.05, 0.1) is 23.7 Å². The summed E-state index contributed by atoms with van der Waals surface area (Å²) in [4.78, 5) is 10.1. The zero-order valence-electron chi connectivity index (χ0n) is 11.7. The van der Waals surface area contributed by atoms with Crippen molar-refractivity contribution < 1.29 is 14.8 Å². The predicted octanol–water partition coefficient (Wildman–Crippen LogP) is 3.37. The molecule has 2 aromatic rings. The Morgan fingerprint density at radius 2 is 2.00 bits per heavy atom. The molecule has 0 heterocycles. The average Bonchev–Trinajstić information content (AvgIpc) is 2.54. The molecule has 0 atom stereocenters. The van der Waals surface area contributed by atoms with Gasteiger partial charge in [-0.3, -0.25) is 10.1 Å². The summed E-state index contributed by atoms with van der Waals surface area (Å²) in [5.41, 5.74) is 1.07. The van der Waals surface area contributed by atoms with E-state index in [0.717, 1.165) is 0 Å². The summed E-state index contributed by atoms with van der Waals surface area (Å²) in [7, 11) is 1.55. The standard InChI is InChI=1S/C16H12N2O4/c1-22-14-5-3-12(4-6-14)13(10-17)8-11-2-7-16(19)15(9-11)18(20)21/h2-9,19H,1H3/b13-8+. The number of phenolic OH excluding ortho intramolecular Hbond substituents is 1. The van der Waals surface area contributed by atoms with Crippen molar-refractivity contribution in [2.45, 2.75) is 0 Å². The Morgan fingerprint density at radius 1 is 1.32 bits per heavy atom. The molecule has 0 aliphatic carbocycles. The lowest BCUT2D eigenvalue weighted by Crippen LogP contribution is -1.90. The fraction of sp³-hybridized carbons (Fsp3) is 0.0625. The van der Waals surface area contributed by atoms with Crippen LogP contribution in [0.25, 0.3) is 11.6 Å². The molecular formula is C16H12N2O4. The largest absolute Gasteiger partial charge is 0.502 e. The number of aromatic hydroxyl groups is 1. The van der Waals surface area contributed by atoms with Crippen molar-refractivity contribution in [2.75, 3.05) is 7.11 Å². The summed E-state index contributed by atoms with van der Waals surface area (Å²) in [5.74, 6) is 0.256. The highest BCUT2D eigenvalue weighted by Gasteiger charge is 2.13. The van der Waals surface area contributed by atoms with Gasteiger partial charge in [0.15, 0.2) is 5.75 Å². The maximum absolute atomic E-state index is 10.8. The molecule has 22 heavy (non-hydrogen) atoms. The molecule has 0 unspecified atom stereocenters. The van der Waals surface area contributed by atoms with Crippen LogP contribution in [0.3, 0.4) is 0 Å². The fourth-order valence-electron chi connectivity index (χ4n) is 1.89. The molecule has 0 fully saturated rings. The van der Waals surface area contributed by atoms with Crippen LogP contribution in [-0.2, 0) is 0 Å². The van der Waals surface area contributed by atoms with Gasteiger partial charge in [0.1, 0.15) is 5.75 Å². The number of methoxy groups -OCH3 is 1. The van der Waals surface area contributed by atoms with Gasteiger partial charge in [-0.25, -0.2) is 0 Å². The minimum atomic E-state index is -0.675. The first-order valence-electron chi connectivity index (χ1n) is 6.29. The number of hydrogen-bond donors (Lipinski definition) is 1. The van der Waals surface area contributed by atoms with Gasteiger partial charge in [0.25, 0.3) is 0 Å². The number of hydrogen-bond acceptors (Lipinski definition) is 5. The van der Waals surface area contributed by atoms with Crippen molar-refractivity contribution in [1.82, 2.24) is 0 Å². The van der Waals surface area contributed by atoms with Gasteiger partial charge in [-0.2, -0.15) is 5.26 Å². The number of nitrogens with zero attached hydrogens (tertiary/aromatic N) is 2. The second-order valence-corrected chi connectivity index (χ2v) is 4.40. The van der Waals surface area contributed by atoms with Crippen LogP contribution < -0.4 is 4.74 Å². The molecule has 0 spiro atoms. The van der Waals surface area contributed by atoms with Gasteiger partial charge in [-0.15, -0.1) is 0 Å². The second-order valence-electron chi connectivity index (χ2n) is 4.40. The van der Waals surface area contributed by atoms with Gasteiger partial charge >= 0.3 is 5.69 Å². The topological polar surface area (TPSA) is 96.4 Å². The molecule has 0 amide bonds. The fourth-order valence-corrected chi connectivity index (χ4v) is 1.89. The molecule has 2 aromatic carbocycles. The highest BCUT2D eigenvalue weighted by Crippen LogP contribution is 2.28. The van der Waals surface area contributed by atoms with E-state index < -0.39 is 16.4 Å². The SMILES string of the molecule is COc1ccc(/C(C#N)=C/c2ccc(O)c([N+](=O)[O-])c2)cc1. The first kappa shape index (κ1) is 15.1. The normalized spacial score (nSPS) is 10.8. The number of nitro groups is 1. The third-order valence-electron chi connectivity index (χ3n) is 3.03. The van der Waals surface area contributed by atoms with Crippen LogP contribution in [0.2, 0.25) is 0 Å². The van der Waals surface area contributed by atoms with Gasteiger partial charge in [0.2, 0.25) is 0 Å². The molecular weight excluding hydrogens is 284 g/mol. The molecule has 0 bridgehead atoms. The molecule has 0 aliphatic rings. The van der Waals surface area contributed by atoms with E-state index in [2.05, 4.69) is 6.07 Å². The smallest absolute Gasteiger partial charge is 0.311 e. The van der Waals surface area contributed by atoms with Crippen LogP contribution in [0.5, 0.6) is 11.5 Å². The molecule has 6 heteroatoms. The lowest BCUT2D eigenvalue weighted by atomic mass is 10.0. The third kappa shape index (κ3) is 3.22. The molecule has 2 rings (SSSR count). The van der Waals surface area contributed by atoms with Crippen molar-refractivity contribution >= 4 is 17.3 Å². The van der Waals surface area contributed by atoms with Gasteiger partial charge < -0.3 is 9.84 Å². The molecule has 6 nitrogen and oxygen atoms in total. The van der Waals surface area contributed by atoms with E-state index in [1.807, 2.05) is 0 Å². The van der Waals surface area contributed by atoms with Crippen LogP contribution in [0.4, 0.5) is 5.69 Å². The Bertz CT molecular complexity index is 774. The van der Waals surface area contributed by atoms with Gasteiger partial charge in [-0.05, 0) is 47.5 Å². The first-order chi connectivity index (χ1) is 10.5. The molecule has 0 aromatic heterocycles. The quantitative estimate of drug-likeness (QED) is 0.404. The van der Waals surface area contributed by atoms with Crippen LogP contribution in [0.15, 0.2) is 42.5 Å². The van der Waals surface area contributed by atoms with Crippen molar-refractivity contribution in [1.29, 1.82) is 5.26 Å². The molecule has 0 aliphatic heterocycles. The van der Waals surface area contributed by atoms with E-state index in [1.54, 1.807) is 31.4 Å². The van der Waals surface area contributed by atoms with Gasteiger partial charge in [0, 0.05) is 6.07 Å². The van der Waals surface area contributed by atoms with Crippen LogP contribution in [-0.4, -0.2) is 17.1 Å². The lowest BCUT2D eigenvalue weighted by Gasteiger charge is -2.03. The maximum Gasteiger partial charge on any atom is 0.311 e. The number of benzene rings is 2. The number of allylic oxidation sites excluding steroid dienone is 1. The highest BCUT2D eigenvalue weighted by atomic mass is 16.6. The van der Waals surface area contributed by atoms with E-state index in [9.17, 15) is 20.5 Å². The number of phenols is 1. The minimum absolute atomic E-state index is 0.350. The molecule has 110 valence electrons. The maximum atomic E-state index is 10.8. The van der Waals surface area contributed by atoms with E-state index >= 15 is 0 Å². The third-order valence-corrected chi connectivity index (χ3v) is 3.03. The van der Waals surface area contributed by atoms with Gasteiger partial charge in [-0.1, -0.05) is 6.07 Å². The second kappa shape index (κ2) is 6.41. The van der Waals surface area contributed by atoms with E-state index in [4.69, 9.17) is 4.74 Å². The Kier molecular flexibility index (Phi) is 4.39. The van der Waals surface area contributed by atoms with Crippen molar-refractivity contribution in [3.05, 3.63) is 63.7 Å². The Balaban J connectivity index is 2.42. The van der Waals surface area contributed by atoms with Crippen LogP contribution in [0.1, 0.15) is 11.1 Å². The van der Waals surface area contributed by atoms with E-state index in [-0.39, 0.29) is 0 Å². The molecule has 0 saturated carbocycles. The van der Waals surface area contributed by atoms with E-state index in [0.29, 0.717) is 22.4 Å². The summed E-state index contributed by atoms with van der Waals surface area (Å²) in [6, 6.07) is 12.9. The summed E-state index contributed by atoms with van der Waals surface area (Å²) in [5, 5.41) is 29.5. The minimum Gasteiger partial charge on any atom is -0.502 e. The van der Waals surface area contributed by atoms with Crippen molar-refractivity contribution in [2.24, 2.45) is 0 Å². The Labute approximate surface area is 126 Å². The molecule has 0 radical (unpaired) electrons. The molecule has 1 N–H and O–H groups in total. The monoisotopic (exact) mass is 296 g/mol. The van der Waals surface area contributed by atoms with E-state index in [1.165, 1.54) is 24.3 Å². The van der Waals surface area contributed by atoms with Crippen molar-refractivity contribution in [3.63, 3.8) is 0 Å². The number of nitriles is 1. The summed E-state index contributed by atoms with van der Waals surface area (Å²) in [6.45, 7) is 0. The van der Waals surface area contributed by atoms with Crippen LogP contribution in [0, 0.1) is 21.4 Å². The summed E-state index contributed by atoms with van der Waals surface area (Å²) in [6.07, 6.45) is 1.52. The summed E-state index contributed by atoms with van der Waals surface area (Å²) >= 11 is 0. The average molecular weight is 296 g/mol. The zero-order valence-corrected chi connectivity index (χ0v) is 11.7. The lowest BCUT2D eigenvalue weighted by molar-refractivity contribution is -0.385. The zero-order chi connectivity index (χ0) is 16.1. The number of rotatable bonds is 4. The summed E-state index contributed by atoms with van der Waals surface area (Å²) < 4.78 is 5.05. The van der Waals surface area contributed by atoms with Crippen molar-refractivity contribution in [3.8, 4) is 17.6 Å². The predicted molar refractivity (Wildman–Crippen MR) is 81.2 cm³/mol. The van der Waals surface area contributed by atoms with Crippen LogP contribution >= 0.6 is 0 Å². The Hall–Kier alpha value is -3.33. The Morgan fingerprint density at radius 3 is 2.55 bits per heavy atom. The molecule has 0 saturated heterocycles. The number of nitro benzene ring substituents is 1. The number of ether oxygens (including phenoxy) is 1. The highest BCUT2D eigenvalue weighted by molar-refractivity contribution is 5.90. The first-order valence-corrected chi connectivity index (χ1v) is 6.29.